The van der Waals surface area contributed by atoms with E-state index in [9.17, 15) is 0 Å². The highest BCUT2D eigenvalue weighted by Gasteiger charge is 2.52. The third-order valence-corrected chi connectivity index (χ3v) is 6.80. The molecule has 0 atom stereocenters. The van der Waals surface area contributed by atoms with Gasteiger partial charge < -0.3 is 4.74 Å². The van der Waals surface area contributed by atoms with Crippen LogP contribution in [0.1, 0.15) is 63.9 Å². The highest BCUT2D eigenvalue weighted by Crippen LogP contribution is 2.62. The van der Waals surface area contributed by atoms with E-state index >= 15 is 0 Å². The van der Waals surface area contributed by atoms with Crippen LogP contribution in [0.25, 0.3) is 0 Å². The monoisotopic (exact) mass is 362 g/mol. The van der Waals surface area contributed by atoms with Gasteiger partial charge in [-0.15, -0.1) is 0 Å². The molecule has 0 unspecified atom stereocenters. The second-order valence-corrected chi connectivity index (χ2v) is 8.96. The quantitative estimate of drug-likeness (QED) is 0.575. The van der Waals surface area contributed by atoms with Crippen molar-refractivity contribution in [2.75, 3.05) is 6.61 Å². The molecule has 0 N–H and O–H groups in total. The first-order chi connectivity index (χ1) is 10.7. The largest absolute Gasteiger partial charge is 0.493 e. The van der Waals surface area contributed by atoms with Crippen molar-refractivity contribution in [3.05, 3.63) is 28.2 Å². The first kappa shape index (κ1) is 15.1. The van der Waals surface area contributed by atoms with Crippen LogP contribution >= 0.6 is 15.9 Å². The molecule has 4 saturated carbocycles. The molecule has 1 aromatic carbocycles. The molecule has 5 rings (SSSR count). The third kappa shape index (κ3) is 2.62. The van der Waals surface area contributed by atoms with Gasteiger partial charge in [-0.25, -0.2) is 0 Å². The Morgan fingerprint density at radius 2 is 1.73 bits per heavy atom. The zero-order valence-electron chi connectivity index (χ0n) is 13.6. The molecule has 0 heterocycles. The van der Waals surface area contributed by atoms with Gasteiger partial charge in [0.05, 0.1) is 6.61 Å². The standard InChI is InChI=1S/C20H27BrO/c1-2-3-6-22-19-5-4-17(21)10-18(19)20-11-14-7-15(12-20)9-16(8-14)13-20/h4-5,10,14-16H,2-3,6-9,11-13H2,1H3. The van der Waals surface area contributed by atoms with Gasteiger partial charge in [-0.1, -0.05) is 29.3 Å². The Kier molecular flexibility index (Phi) is 4.00. The fraction of sp³-hybridized carbons (Fsp3) is 0.700. The van der Waals surface area contributed by atoms with Crippen molar-refractivity contribution in [3.8, 4) is 5.75 Å². The lowest BCUT2D eigenvalue weighted by atomic mass is 9.48. The van der Waals surface area contributed by atoms with Crippen LogP contribution in [0.4, 0.5) is 0 Å². The maximum atomic E-state index is 6.20. The van der Waals surface area contributed by atoms with E-state index in [1.54, 1.807) is 0 Å². The molecule has 1 aromatic rings. The highest BCUT2D eigenvalue weighted by atomic mass is 79.9. The fourth-order valence-corrected chi connectivity index (χ4v) is 6.17. The predicted octanol–water partition coefficient (Wildman–Crippen LogP) is 6.10. The fourth-order valence-electron chi connectivity index (χ4n) is 5.81. The summed E-state index contributed by atoms with van der Waals surface area (Å²) >= 11 is 3.70. The van der Waals surface area contributed by atoms with Crippen LogP contribution in [0.5, 0.6) is 5.75 Å². The van der Waals surface area contributed by atoms with E-state index in [1.807, 2.05) is 0 Å². The van der Waals surface area contributed by atoms with Gasteiger partial charge in [-0.3, -0.25) is 0 Å². The molecule has 4 fully saturated rings. The second kappa shape index (κ2) is 5.85. The van der Waals surface area contributed by atoms with Crippen LogP contribution in [-0.2, 0) is 5.41 Å². The van der Waals surface area contributed by atoms with Gasteiger partial charge in [-0.05, 0) is 86.3 Å². The van der Waals surface area contributed by atoms with Crippen LogP contribution < -0.4 is 4.74 Å². The number of halogens is 1. The van der Waals surface area contributed by atoms with E-state index in [1.165, 1.54) is 60.7 Å². The summed E-state index contributed by atoms with van der Waals surface area (Å²) in [6, 6.07) is 6.72. The smallest absolute Gasteiger partial charge is 0.123 e. The Bertz CT molecular complexity index is 515. The number of benzene rings is 1. The van der Waals surface area contributed by atoms with E-state index in [0.29, 0.717) is 5.41 Å². The Labute approximate surface area is 143 Å². The first-order valence-corrected chi connectivity index (χ1v) is 9.90. The maximum Gasteiger partial charge on any atom is 0.123 e. The van der Waals surface area contributed by atoms with Crippen molar-refractivity contribution in [3.63, 3.8) is 0 Å². The van der Waals surface area contributed by atoms with Gasteiger partial charge in [-0.2, -0.15) is 0 Å². The predicted molar refractivity (Wildman–Crippen MR) is 94.4 cm³/mol. The van der Waals surface area contributed by atoms with Crippen LogP contribution in [0, 0.1) is 17.8 Å². The van der Waals surface area contributed by atoms with Gasteiger partial charge >= 0.3 is 0 Å². The summed E-state index contributed by atoms with van der Waals surface area (Å²) < 4.78 is 7.41. The Balaban J connectivity index is 1.67. The number of ether oxygens (including phenoxy) is 1. The third-order valence-electron chi connectivity index (χ3n) is 6.31. The van der Waals surface area contributed by atoms with Crippen molar-refractivity contribution < 1.29 is 4.74 Å². The minimum atomic E-state index is 0.417. The van der Waals surface area contributed by atoms with Gasteiger partial charge in [0.2, 0.25) is 0 Å². The molecular formula is C20H27BrO. The summed E-state index contributed by atoms with van der Waals surface area (Å²) in [7, 11) is 0. The molecule has 0 amide bonds. The normalized spacial score (nSPS) is 35.8. The van der Waals surface area contributed by atoms with Gasteiger partial charge in [0.25, 0.3) is 0 Å². The molecule has 0 radical (unpaired) electrons. The number of hydrogen-bond acceptors (Lipinski definition) is 1. The average molecular weight is 363 g/mol. The second-order valence-electron chi connectivity index (χ2n) is 8.04. The van der Waals surface area contributed by atoms with Crippen molar-refractivity contribution in [2.45, 2.75) is 63.7 Å². The number of unbranched alkanes of at least 4 members (excludes halogenated alkanes) is 1. The summed E-state index contributed by atoms with van der Waals surface area (Å²) in [6.45, 7) is 3.09. The lowest BCUT2D eigenvalue weighted by Crippen LogP contribution is -2.48. The molecule has 4 aliphatic rings. The molecule has 22 heavy (non-hydrogen) atoms. The molecule has 0 aromatic heterocycles. The number of hydrogen-bond donors (Lipinski definition) is 0. The average Bonchev–Trinajstić information content (AvgIpc) is 2.47. The summed E-state index contributed by atoms with van der Waals surface area (Å²) in [6.07, 6.45) is 11.1. The summed E-state index contributed by atoms with van der Waals surface area (Å²) in [5.41, 5.74) is 1.93. The lowest BCUT2D eigenvalue weighted by Gasteiger charge is -2.57. The molecule has 4 aliphatic carbocycles. The van der Waals surface area contributed by atoms with E-state index < -0.39 is 0 Å². The van der Waals surface area contributed by atoms with E-state index in [4.69, 9.17) is 4.74 Å². The Morgan fingerprint density at radius 1 is 1.09 bits per heavy atom. The molecule has 0 aliphatic heterocycles. The Morgan fingerprint density at radius 3 is 2.32 bits per heavy atom. The van der Waals surface area contributed by atoms with Crippen LogP contribution in [0.3, 0.4) is 0 Å². The van der Waals surface area contributed by atoms with Crippen molar-refractivity contribution >= 4 is 15.9 Å². The zero-order chi connectivity index (χ0) is 15.2. The Hall–Kier alpha value is -0.500. The molecule has 2 heteroatoms. The van der Waals surface area contributed by atoms with Crippen molar-refractivity contribution in [1.29, 1.82) is 0 Å². The maximum absolute atomic E-state index is 6.20. The summed E-state index contributed by atoms with van der Waals surface area (Å²) in [5, 5.41) is 0. The lowest BCUT2D eigenvalue weighted by molar-refractivity contribution is -0.00642. The minimum Gasteiger partial charge on any atom is -0.493 e. The molecule has 0 spiro atoms. The number of rotatable bonds is 5. The molecule has 120 valence electrons. The van der Waals surface area contributed by atoms with E-state index in [2.05, 4.69) is 41.1 Å². The van der Waals surface area contributed by atoms with E-state index in [0.717, 1.165) is 30.8 Å². The first-order valence-electron chi connectivity index (χ1n) is 9.11. The van der Waals surface area contributed by atoms with Crippen LogP contribution in [0.2, 0.25) is 0 Å². The molecule has 1 nitrogen and oxygen atoms in total. The molecule has 4 bridgehead atoms. The van der Waals surface area contributed by atoms with Crippen LogP contribution in [-0.4, -0.2) is 6.61 Å². The highest BCUT2D eigenvalue weighted by molar-refractivity contribution is 9.10. The topological polar surface area (TPSA) is 9.23 Å². The van der Waals surface area contributed by atoms with Gasteiger partial charge in [0, 0.05) is 10.0 Å². The molecular weight excluding hydrogens is 336 g/mol. The van der Waals surface area contributed by atoms with Crippen LogP contribution in [0.15, 0.2) is 22.7 Å². The SMILES string of the molecule is CCCCOc1ccc(Br)cc1C12CC3CC(CC(C3)C1)C2. The summed E-state index contributed by atoms with van der Waals surface area (Å²) in [5.74, 6) is 4.11. The van der Waals surface area contributed by atoms with Crippen molar-refractivity contribution in [2.24, 2.45) is 17.8 Å². The minimum absolute atomic E-state index is 0.417. The van der Waals surface area contributed by atoms with Crippen molar-refractivity contribution in [1.82, 2.24) is 0 Å². The zero-order valence-corrected chi connectivity index (χ0v) is 15.2. The van der Waals surface area contributed by atoms with E-state index in [-0.39, 0.29) is 0 Å². The van der Waals surface area contributed by atoms with Gasteiger partial charge in [0.15, 0.2) is 0 Å². The summed E-state index contributed by atoms with van der Waals surface area (Å²) in [4.78, 5) is 0. The van der Waals surface area contributed by atoms with Gasteiger partial charge in [0.1, 0.15) is 5.75 Å². The molecule has 0 saturated heterocycles.